The number of nitro benzene ring substituents is 1. The number of carbonyl (C=O) groups excluding carboxylic acids is 2. The van der Waals surface area contributed by atoms with Gasteiger partial charge < -0.3 is 24.0 Å². The lowest BCUT2D eigenvalue weighted by atomic mass is 10.0. The minimum atomic E-state index is -1.19. The maximum Gasteiger partial charge on any atom is 0.339 e. The zero-order chi connectivity index (χ0) is 28.1. The van der Waals surface area contributed by atoms with E-state index in [0.717, 1.165) is 16.1 Å². The molecular formula is C28H29N3O7S. The number of nitrogens with zero attached hydrogens (tertiary/aromatic N) is 3. The summed E-state index contributed by atoms with van der Waals surface area (Å²) in [4.78, 5) is 42.7. The minimum absolute atomic E-state index is 0.0327. The molecule has 3 aromatic rings. The normalized spacial score (nSPS) is 16.8. The number of likely N-dealkylation sites (N-methyl/N-ethyl adjacent to an activating group) is 1. The van der Waals surface area contributed by atoms with Crippen molar-refractivity contribution in [1.29, 1.82) is 0 Å². The summed E-state index contributed by atoms with van der Waals surface area (Å²) >= 11 is 1.44. The predicted octanol–water partition coefficient (Wildman–Crippen LogP) is 4.58. The van der Waals surface area contributed by atoms with Crippen molar-refractivity contribution in [2.24, 2.45) is 0 Å². The largest absolute Gasteiger partial charge is 0.497 e. The first-order valence-corrected chi connectivity index (χ1v) is 13.0. The summed E-state index contributed by atoms with van der Waals surface area (Å²) in [6, 6.07) is 18.6. The number of rotatable bonds is 9. The summed E-state index contributed by atoms with van der Waals surface area (Å²) in [5.41, 5.74) is 1.27. The third-order valence-electron chi connectivity index (χ3n) is 6.26. The van der Waals surface area contributed by atoms with Gasteiger partial charge in [0.2, 0.25) is 0 Å². The van der Waals surface area contributed by atoms with Gasteiger partial charge in [-0.15, -0.1) is 11.8 Å². The van der Waals surface area contributed by atoms with Crippen LogP contribution in [0.1, 0.15) is 21.2 Å². The molecule has 1 heterocycles. The number of carbonyl (C=O) groups is 2. The lowest BCUT2D eigenvalue weighted by Gasteiger charge is -2.28. The van der Waals surface area contributed by atoms with Gasteiger partial charge in [0.05, 0.1) is 35.6 Å². The summed E-state index contributed by atoms with van der Waals surface area (Å²) in [6.45, 7) is 0.982. The Labute approximate surface area is 230 Å². The molecule has 2 atom stereocenters. The number of anilines is 1. The monoisotopic (exact) mass is 551 g/mol. The lowest BCUT2D eigenvalue weighted by molar-refractivity contribution is -0.385. The van der Waals surface area contributed by atoms with E-state index in [2.05, 4.69) is 0 Å². The van der Waals surface area contributed by atoms with Gasteiger partial charge in [-0.05, 0) is 50.0 Å². The van der Waals surface area contributed by atoms with Crippen molar-refractivity contribution < 1.29 is 28.7 Å². The molecule has 0 aromatic heterocycles. The molecular weight excluding hydrogens is 522 g/mol. The highest BCUT2D eigenvalue weighted by atomic mass is 32.2. The van der Waals surface area contributed by atoms with Crippen LogP contribution in [0.2, 0.25) is 0 Å². The van der Waals surface area contributed by atoms with E-state index in [4.69, 9.17) is 14.2 Å². The molecule has 1 aliphatic rings. The van der Waals surface area contributed by atoms with E-state index in [1.807, 2.05) is 55.4 Å². The van der Waals surface area contributed by atoms with E-state index >= 15 is 0 Å². The van der Waals surface area contributed by atoms with Gasteiger partial charge in [-0.3, -0.25) is 14.9 Å². The van der Waals surface area contributed by atoms with Crippen molar-refractivity contribution >= 4 is 35.0 Å². The van der Waals surface area contributed by atoms with Gasteiger partial charge in [-0.2, -0.15) is 0 Å². The second-order valence-corrected chi connectivity index (χ2v) is 10.2. The van der Waals surface area contributed by atoms with E-state index in [9.17, 15) is 19.7 Å². The second kappa shape index (κ2) is 12.2. The first-order valence-electron chi connectivity index (χ1n) is 12.1. The number of esters is 1. The first-order chi connectivity index (χ1) is 18.7. The molecule has 0 radical (unpaired) electrons. The van der Waals surface area contributed by atoms with Gasteiger partial charge in [0, 0.05) is 30.1 Å². The van der Waals surface area contributed by atoms with Crippen LogP contribution < -0.4 is 14.4 Å². The Morgan fingerprint density at radius 2 is 1.77 bits per heavy atom. The van der Waals surface area contributed by atoms with Crippen LogP contribution in [0.3, 0.4) is 0 Å². The Kier molecular flexibility index (Phi) is 8.72. The van der Waals surface area contributed by atoms with Gasteiger partial charge in [-0.1, -0.05) is 24.3 Å². The van der Waals surface area contributed by atoms with Gasteiger partial charge in [0.15, 0.2) is 11.9 Å². The number of ether oxygens (including phenoxy) is 3. The molecule has 1 amide bonds. The molecule has 204 valence electrons. The van der Waals surface area contributed by atoms with Crippen LogP contribution in [0.5, 0.6) is 11.5 Å². The number of nitro groups is 1. The highest BCUT2D eigenvalue weighted by Crippen LogP contribution is 2.47. The average molecular weight is 552 g/mol. The van der Waals surface area contributed by atoms with Gasteiger partial charge in [0.1, 0.15) is 5.75 Å². The molecule has 4 rings (SSSR count). The topological polar surface area (TPSA) is 111 Å². The Hall–Kier alpha value is -4.09. The second-order valence-electron chi connectivity index (χ2n) is 9.04. The predicted molar refractivity (Wildman–Crippen MR) is 148 cm³/mol. The fourth-order valence-electron chi connectivity index (χ4n) is 4.20. The molecule has 11 heteroatoms. The van der Waals surface area contributed by atoms with Crippen molar-refractivity contribution in [3.8, 4) is 11.5 Å². The molecule has 0 saturated heterocycles. The number of thioether (sulfide) groups is 1. The highest BCUT2D eigenvalue weighted by Gasteiger charge is 2.41. The summed E-state index contributed by atoms with van der Waals surface area (Å²) < 4.78 is 16.3. The number of fused-ring (bicyclic) bond motifs is 1. The van der Waals surface area contributed by atoms with Gasteiger partial charge in [-0.25, -0.2) is 4.79 Å². The number of hydrogen-bond donors (Lipinski definition) is 0. The summed E-state index contributed by atoms with van der Waals surface area (Å²) in [6.07, 6.45) is -1.19. The van der Waals surface area contributed by atoms with Crippen LogP contribution in [-0.4, -0.2) is 69.2 Å². The van der Waals surface area contributed by atoms with Crippen molar-refractivity contribution in [2.75, 3.05) is 46.3 Å². The minimum Gasteiger partial charge on any atom is -0.497 e. The average Bonchev–Trinajstić information content (AvgIpc) is 3.05. The molecule has 39 heavy (non-hydrogen) atoms. The Bertz CT molecular complexity index is 1360. The quantitative estimate of drug-likeness (QED) is 0.214. The van der Waals surface area contributed by atoms with Crippen molar-refractivity contribution in [2.45, 2.75) is 16.2 Å². The van der Waals surface area contributed by atoms with Gasteiger partial charge in [0.25, 0.3) is 5.91 Å². The lowest BCUT2D eigenvalue weighted by Crippen LogP contribution is -2.45. The van der Waals surface area contributed by atoms with Crippen LogP contribution in [0.25, 0.3) is 0 Å². The molecule has 0 spiro atoms. The van der Waals surface area contributed by atoms with Crippen LogP contribution in [0.4, 0.5) is 11.4 Å². The standard InChI is InChI=1S/C28H29N3O7S/c1-29(2)15-16-30-22-7-5-6-8-24(22)39-26(18-9-12-20(36-3)13-10-18)25(27(30)32)38-28(33)19-11-14-21(31(34)35)23(17-19)37-4/h5-14,17,25-26H,15-16H2,1-4H3. The molecule has 1 aliphatic heterocycles. The summed E-state index contributed by atoms with van der Waals surface area (Å²) in [5, 5.41) is 10.7. The maximum atomic E-state index is 14.1. The number of amides is 1. The molecule has 2 unspecified atom stereocenters. The molecule has 0 aliphatic carbocycles. The fourth-order valence-corrected chi connectivity index (χ4v) is 5.52. The summed E-state index contributed by atoms with van der Waals surface area (Å²) in [5.74, 6) is -0.581. The number of hydrogen-bond acceptors (Lipinski definition) is 9. The Balaban J connectivity index is 1.76. The number of para-hydroxylation sites is 1. The van der Waals surface area contributed by atoms with E-state index in [1.165, 1.54) is 37.1 Å². The zero-order valence-electron chi connectivity index (χ0n) is 22.0. The molecule has 10 nitrogen and oxygen atoms in total. The van der Waals surface area contributed by atoms with E-state index in [0.29, 0.717) is 18.8 Å². The smallest absolute Gasteiger partial charge is 0.339 e. The van der Waals surface area contributed by atoms with Crippen molar-refractivity contribution in [3.63, 3.8) is 0 Å². The number of methoxy groups -OCH3 is 2. The molecule has 0 N–H and O–H groups in total. The third kappa shape index (κ3) is 6.15. The third-order valence-corrected chi connectivity index (χ3v) is 7.63. The Morgan fingerprint density at radius 1 is 1.05 bits per heavy atom. The summed E-state index contributed by atoms with van der Waals surface area (Å²) in [7, 11) is 6.69. The van der Waals surface area contributed by atoms with E-state index in [-0.39, 0.29) is 22.9 Å². The van der Waals surface area contributed by atoms with Crippen LogP contribution in [0, 0.1) is 10.1 Å². The first kappa shape index (κ1) is 27.9. The molecule has 0 saturated carbocycles. The zero-order valence-corrected chi connectivity index (χ0v) is 22.8. The molecule has 0 fully saturated rings. The van der Waals surface area contributed by atoms with E-state index < -0.39 is 22.2 Å². The van der Waals surface area contributed by atoms with Gasteiger partial charge >= 0.3 is 11.7 Å². The highest BCUT2D eigenvalue weighted by molar-refractivity contribution is 7.99. The Morgan fingerprint density at radius 3 is 2.41 bits per heavy atom. The van der Waals surface area contributed by atoms with Crippen LogP contribution in [0.15, 0.2) is 71.6 Å². The van der Waals surface area contributed by atoms with E-state index in [1.54, 1.807) is 24.1 Å². The molecule has 3 aromatic carbocycles. The SMILES string of the molecule is COc1ccc(C2Sc3ccccc3N(CCN(C)C)C(=O)C2OC(=O)c2ccc([N+](=O)[O-])c(OC)c2)cc1. The maximum absolute atomic E-state index is 14.1. The molecule has 0 bridgehead atoms. The van der Waals surface area contributed by atoms with Crippen molar-refractivity contribution in [3.05, 3.63) is 88.0 Å². The van der Waals surface area contributed by atoms with Crippen LogP contribution >= 0.6 is 11.8 Å². The fraction of sp³-hybridized carbons (Fsp3) is 0.286. The van der Waals surface area contributed by atoms with Crippen molar-refractivity contribution in [1.82, 2.24) is 4.90 Å². The number of benzene rings is 3. The van der Waals surface area contributed by atoms with Crippen LogP contribution in [-0.2, 0) is 9.53 Å².